The van der Waals surface area contributed by atoms with E-state index in [1.165, 1.54) is 6.07 Å². The van der Waals surface area contributed by atoms with Gasteiger partial charge in [-0.05, 0) is 18.2 Å². The molecule has 0 saturated heterocycles. The fraction of sp³-hybridized carbons (Fsp3) is 0.0714. The highest BCUT2D eigenvalue weighted by Gasteiger charge is 2.30. The minimum Gasteiger partial charge on any atom is -0.483 e. The van der Waals surface area contributed by atoms with E-state index >= 15 is 0 Å². The van der Waals surface area contributed by atoms with Gasteiger partial charge in [0.1, 0.15) is 0 Å². The molecule has 3 rings (SSSR count). The van der Waals surface area contributed by atoms with E-state index in [9.17, 15) is 18.0 Å². The van der Waals surface area contributed by atoms with Crippen LogP contribution in [0.4, 0.5) is 13.2 Å². The Morgan fingerprint density at radius 3 is 2.39 bits per heavy atom. The molecule has 1 aromatic carbocycles. The van der Waals surface area contributed by atoms with Crippen molar-refractivity contribution in [2.75, 3.05) is 0 Å². The maximum atomic E-state index is 12.5. The van der Waals surface area contributed by atoms with Gasteiger partial charge in [-0.15, -0.1) is 0 Å². The molecule has 0 fully saturated rings. The Balaban J connectivity index is 0.000000595. The van der Waals surface area contributed by atoms with Crippen LogP contribution in [0.25, 0.3) is 22.3 Å². The van der Waals surface area contributed by atoms with Gasteiger partial charge in [-0.3, -0.25) is 9.78 Å². The van der Waals surface area contributed by atoms with Crippen LogP contribution >= 0.6 is 0 Å². The van der Waals surface area contributed by atoms with Crippen molar-refractivity contribution in [1.82, 2.24) is 15.0 Å². The van der Waals surface area contributed by atoms with E-state index in [1.54, 1.807) is 18.2 Å². The number of aromatic amines is 2. The van der Waals surface area contributed by atoms with E-state index < -0.39 is 11.7 Å². The van der Waals surface area contributed by atoms with Crippen molar-refractivity contribution in [3.8, 4) is 11.3 Å². The van der Waals surface area contributed by atoms with Gasteiger partial charge in [0.2, 0.25) is 0 Å². The Kier molecular flexibility index (Phi) is 4.49. The van der Waals surface area contributed by atoms with Crippen molar-refractivity contribution in [2.45, 2.75) is 6.18 Å². The number of hydrogen-bond donors (Lipinski definition) is 3. The first-order valence-electron chi connectivity index (χ1n) is 6.19. The van der Waals surface area contributed by atoms with Crippen LogP contribution < -0.4 is 5.69 Å². The molecule has 0 aliphatic heterocycles. The van der Waals surface area contributed by atoms with E-state index in [0.29, 0.717) is 22.3 Å². The molecule has 23 heavy (non-hydrogen) atoms. The van der Waals surface area contributed by atoms with Crippen LogP contribution in [0.2, 0.25) is 0 Å². The van der Waals surface area contributed by atoms with Crippen LogP contribution in [0.3, 0.4) is 0 Å². The van der Waals surface area contributed by atoms with Crippen LogP contribution in [0.15, 0.2) is 41.3 Å². The molecule has 0 saturated carbocycles. The highest BCUT2D eigenvalue weighted by atomic mass is 19.4. The number of para-hydroxylation sites is 1. The molecule has 0 atom stereocenters. The van der Waals surface area contributed by atoms with E-state index in [4.69, 9.17) is 9.90 Å². The standard InChI is InChI=1S/C13H8F3N3O.CH2O2/c14-13(15,16)7-4-5-9(17-6-7)8-2-1-3-10-11(8)19-12(20)18-10;2-1-3/h1-6H,(H2,18,19,20);1H,(H,2,3). The molecule has 6 nitrogen and oxygen atoms in total. The maximum Gasteiger partial charge on any atom is 0.417 e. The first-order chi connectivity index (χ1) is 10.9. The zero-order valence-electron chi connectivity index (χ0n) is 11.4. The predicted molar refractivity (Wildman–Crippen MR) is 75.8 cm³/mol. The molecule has 0 aliphatic carbocycles. The third-order valence-corrected chi connectivity index (χ3v) is 2.92. The summed E-state index contributed by atoms with van der Waals surface area (Å²) < 4.78 is 37.5. The van der Waals surface area contributed by atoms with Crippen LogP contribution in [-0.2, 0) is 11.0 Å². The molecule has 0 unspecified atom stereocenters. The van der Waals surface area contributed by atoms with Gasteiger partial charge in [-0.25, -0.2) is 4.79 Å². The summed E-state index contributed by atoms with van der Waals surface area (Å²) in [7, 11) is 0. The Labute approximate surface area is 126 Å². The molecular formula is C14H10F3N3O3. The molecule has 3 aromatic rings. The lowest BCUT2D eigenvalue weighted by Gasteiger charge is -2.07. The number of alkyl halides is 3. The van der Waals surface area contributed by atoms with Crippen LogP contribution in [0, 0.1) is 0 Å². The highest BCUT2D eigenvalue weighted by Crippen LogP contribution is 2.30. The second-order valence-electron chi connectivity index (χ2n) is 4.34. The first-order valence-corrected chi connectivity index (χ1v) is 6.19. The number of fused-ring (bicyclic) bond motifs is 1. The van der Waals surface area contributed by atoms with E-state index in [-0.39, 0.29) is 12.2 Å². The molecule has 2 heterocycles. The Morgan fingerprint density at radius 2 is 1.83 bits per heavy atom. The van der Waals surface area contributed by atoms with Gasteiger partial charge in [0.15, 0.2) is 0 Å². The normalized spacial score (nSPS) is 10.9. The molecule has 0 amide bonds. The van der Waals surface area contributed by atoms with E-state index in [2.05, 4.69) is 15.0 Å². The third-order valence-electron chi connectivity index (χ3n) is 2.92. The number of imidazole rings is 1. The summed E-state index contributed by atoms with van der Waals surface area (Å²) in [5.41, 5.74) is 0.836. The number of benzene rings is 1. The van der Waals surface area contributed by atoms with Gasteiger partial charge in [0.05, 0.1) is 22.3 Å². The van der Waals surface area contributed by atoms with Gasteiger partial charge in [0.25, 0.3) is 6.47 Å². The number of H-pyrrole nitrogens is 2. The van der Waals surface area contributed by atoms with Gasteiger partial charge < -0.3 is 15.1 Å². The average molecular weight is 325 g/mol. The lowest BCUT2D eigenvalue weighted by atomic mass is 10.1. The van der Waals surface area contributed by atoms with Crippen molar-refractivity contribution in [3.63, 3.8) is 0 Å². The summed E-state index contributed by atoms with van der Waals surface area (Å²) in [4.78, 5) is 28.6. The molecule has 120 valence electrons. The number of pyridine rings is 1. The fourth-order valence-corrected chi connectivity index (χ4v) is 1.99. The smallest absolute Gasteiger partial charge is 0.417 e. The molecule has 3 N–H and O–H groups in total. The van der Waals surface area contributed by atoms with Crippen molar-refractivity contribution >= 4 is 17.5 Å². The lowest BCUT2D eigenvalue weighted by Crippen LogP contribution is -2.05. The highest BCUT2D eigenvalue weighted by molar-refractivity contribution is 5.90. The summed E-state index contributed by atoms with van der Waals surface area (Å²) in [5, 5.41) is 6.89. The number of halogens is 3. The van der Waals surface area contributed by atoms with Gasteiger partial charge in [-0.2, -0.15) is 13.2 Å². The van der Waals surface area contributed by atoms with E-state index in [1.807, 2.05) is 0 Å². The zero-order chi connectivity index (χ0) is 17.0. The number of nitrogens with zero attached hydrogens (tertiary/aromatic N) is 1. The van der Waals surface area contributed by atoms with Crippen molar-refractivity contribution in [3.05, 3.63) is 52.6 Å². The molecule has 0 spiro atoms. The average Bonchev–Trinajstić information content (AvgIpc) is 2.87. The van der Waals surface area contributed by atoms with Crippen LogP contribution in [0.1, 0.15) is 5.56 Å². The Hall–Kier alpha value is -3.10. The predicted octanol–water partition coefficient (Wildman–Crippen LogP) is 2.64. The molecule has 9 heteroatoms. The van der Waals surface area contributed by atoms with Crippen molar-refractivity contribution in [2.24, 2.45) is 0 Å². The molecule has 2 aromatic heterocycles. The third kappa shape index (κ3) is 3.57. The quantitative estimate of drug-likeness (QED) is 0.599. The number of carboxylic acid groups (broad SMARTS) is 1. The number of hydrogen-bond acceptors (Lipinski definition) is 3. The Bertz CT molecular complexity index is 867. The first kappa shape index (κ1) is 16.3. The Morgan fingerprint density at radius 1 is 1.13 bits per heavy atom. The second-order valence-corrected chi connectivity index (χ2v) is 4.34. The van der Waals surface area contributed by atoms with Crippen molar-refractivity contribution in [1.29, 1.82) is 0 Å². The van der Waals surface area contributed by atoms with Gasteiger partial charge in [0, 0.05) is 11.8 Å². The topological polar surface area (TPSA) is 98.8 Å². The molecule has 0 radical (unpaired) electrons. The van der Waals surface area contributed by atoms with E-state index in [0.717, 1.165) is 12.3 Å². The van der Waals surface area contributed by atoms with Crippen LogP contribution in [0.5, 0.6) is 0 Å². The molecular weight excluding hydrogens is 315 g/mol. The number of carbonyl (C=O) groups is 1. The zero-order valence-corrected chi connectivity index (χ0v) is 11.4. The largest absolute Gasteiger partial charge is 0.483 e. The summed E-state index contributed by atoms with van der Waals surface area (Å²) in [6.45, 7) is -0.250. The second kappa shape index (κ2) is 6.34. The molecule has 0 bridgehead atoms. The summed E-state index contributed by atoms with van der Waals surface area (Å²) >= 11 is 0. The summed E-state index contributed by atoms with van der Waals surface area (Å²) in [6.07, 6.45) is -3.64. The van der Waals surface area contributed by atoms with Crippen LogP contribution in [-0.4, -0.2) is 26.5 Å². The SMILES string of the molecule is O=CO.O=c1[nH]c2cccc(-c3ccc(C(F)(F)F)cn3)c2[nH]1. The number of rotatable bonds is 1. The minimum absolute atomic E-state index is 0.250. The minimum atomic E-state index is -4.42. The fourth-order valence-electron chi connectivity index (χ4n) is 1.99. The maximum absolute atomic E-state index is 12.5. The number of nitrogens with one attached hydrogen (secondary N) is 2. The molecule has 0 aliphatic rings. The van der Waals surface area contributed by atoms with Crippen molar-refractivity contribution < 1.29 is 23.1 Å². The number of aromatic nitrogens is 3. The van der Waals surface area contributed by atoms with Gasteiger partial charge >= 0.3 is 11.9 Å². The summed E-state index contributed by atoms with van der Waals surface area (Å²) in [5.74, 6) is 0. The summed E-state index contributed by atoms with van der Waals surface area (Å²) in [6, 6.07) is 7.32. The lowest BCUT2D eigenvalue weighted by molar-refractivity contribution is -0.137. The monoisotopic (exact) mass is 325 g/mol. The van der Waals surface area contributed by atoms with Gasteiger partial charge in [-0.1, -0.05) is 12.1 Å².